The third kappa shape index (κ3) is 3.12. The van der Waals surface area contributed by atoms with E-state index < -0.39 is 24.5 Å². The van der Waals surface area contributed by atoms with Gasteiger partial charge in [-0.15, -0.1) is 0 Å². The van der Waals surface area contributed by atoms with Gasteiger partial charge in [-0.25, -0.2) is 0 Å². The molecule has 0 spiro atoms. The van der Waals surface area contributed by atoms with Crippen molar-refractivity contribution in [3.8, 4) is 0 Å². The van der Waals surface area contributed by atoms with E-state index in [1.54, 1.807) is 18.2 Å². The Kier molecular flexibility index (Phi) is 7.45. The van der Waals surface area contributed by atoms with Crippen LogP contribution in [0.25, 0.3) is 0 Å². The summed E-state index contributed by atoms with van der Waals surface area (Å²) in [5.74, 6) is 0. The van der Waals surface area contributed by atoms with Gasteiger partial charge in [-0.2, -0.15) is 0 Å². The zero-order valence-corrected chi connectivity index (χ0v) is 16.5. The predicted octanol–water partition coefficient (Wildman–Crippen LogP) is 1.47. The van der Waals surface area contributed by atoms with Crippen molar-refractivity contribution in [1.29, 1.82) is 0 Å². The quantitative estimate of drug-likeness (QED) is 0.363. The van der Waals surface area contributed by atoms with E-state index in [2.05, 4.69) is 0 Å². The Balaban J connectivity index is 0.00000280. The van der Waals surface area contributed by atoms with Crippen LogP contribution in [0.5, 0.6) is 0 Å². The first-order valence-corrected chi connectivity index (χ1v) is 14.1. The summed E-state index contributed by atoms with van der Waals surface area (Å²) in [6, 6.07) is 21.2. The molecule has 144 valence electrons. The molecule has 0 unspecified atom stereocenters. The molecule has 0 aliphatic heterocycles. The molecule has 10 heteroatoms. The Morgan fingerprint density at radius 3 is 0.893 bits per heavy atom. The third-order valence-electron chi connectivity index (χ3n) is 4.56. The Morgan fingerprint density at radius 1 is 0.500 bits per heavy atom. The van der Waals surface area contributed by atoms with Crippen molar-refractivity contribution in [2.45, 2.75) is 0 Å². The van der Waals surface area contributed by atoms with Crippen LogP contribution in [-0.4, -0.2) is 94.8 Å². The van der Waals surface area contributed by atoms with Crippen LogP contribution in [0.4, 0.5) is 0 Å². The Bertz CT molecular complexity index is 1030. The van der Waals surface area contributed by atoms with Gasteiger partial charge in [0.1, 0.15) is 0 Å². The first-order valence-electron chi connectivity index (χ1n) is 7.80. The van der Waals surface area contributed by atoms with E-state index in [0.717, 1.165) is 0 Å². The van der Waals surface area contributed by atoms with Crippen LogP contribution in [0, 0.1) is 0 Å². The molecule has 2 N–H and O–H groups in total. The summed E-state index contributed by atoms with van der Waals surface area (Å²) in [6.07, 6.45) is 0. The van der Waals surface area contributed by atoms with Crippen LogP contribution in [-0.2, 0) is 19.5 Å². The van der Waals surface area contributed by atoms with Gasteiger partial charge >= 0.3 is 226 Å². The minimum absolute atomic E-state index is 0. The van der Waals surface area contributed by atoms with Gasteiger partial charge in [0.15, 0.2) is 0 Å². The SMILES string of the molecule is O=S(=O)(O)P(c1ccccc1)(c1ccccc1)(c1ccccc1)S(=O)(=O)O.[CsH]. The molecule has 0 aliphatic carbocycles. The van der Waals surface area contributed by atoms with Gasteiger partial charge in [0.2, 0.25) is 0 Å². The van der Waals surface area contributed by atoms with Gasteiger partial charge in [-0.1, -0.05) is 0 Å². The first-order chi connectivity index (χ1) is 12.7. The fraction of sp³-hybridized carbons (Fsp3) is 0. The first kappa shape index (κ1) is 24.2. The van der Waals surface area contributed by atoms with E-state index in [4.69, 9.17) is 0 Å². The van der Waals surface area contributed by atoms with Crippen molar-refractivity contribution in [3.05, 3.63) is 91.0 Å². The molecule has 0 saturated carbocycles. The van der Waals surface area contributed by atoms with Crippen molar-refractivity contribution < 1.29 is 25.9 Å². The zero-order valence-electron chi connectivity index (χ0n) is 14.0. The van der Waals surface area contributed by atoms with Crippen molar-refractivity contribution in [2.24, 2.45) is 0 Å². The molecule has 3 aromatic rings. The maximum absolute atomic E-state index is 13.1. The second kappa shape index (κ2) is 8.60. The Morgan fingerprint density at radius 2 is 0.714 bits per heavy atom. The summed E-state index contributed by atoms with van der Waals surface area (Å²) >= 11 is 0. The van der Waals surface area contributed by atoms with E-state index in [1.807, 2.05) is 0 Å². The minimum atomic E-state index is -5.85. The van der Waals surface area contributed by atoms with Gasteiger partial charge in [0, 0.05) is 0 Å². The molecular formula is C18H18CsO6PS2. The average Bonchev–Trinajstić information content (AvgIpc) is 2.63. The monoisotopic (exact) mass is 558 g/mol. The van der Waals surface area contributed by atoms with Gasteiger partial charge in [0.25, 0.3) is 0 Å². The standard InChI is InChI=1S/C18H17O6PS2.Cs.H/c19-26(20,21)25(27(22,23)24,16-10-4-1-5-11-16,17-12-6-2-7-13-17)18-14-8-3-9-15-18;;/h1-15H,(H,19,20,21)(H,22,23,24);;. The van der Waals surface area contributed by atoms with Crippen LogP contribution in [0.1, 0.15) is 0 Å². The summed E-state index contributed by atoms with van der Waals surface area (Å²) in [6.45, 7) is 0. The molecule has 0 heterocycles. The number of hydrogen-bond acceptors (Lipinski definition) is 4. The van der Waals surface area contributed by atoms with Gasteiger partial charge < -0.3 is 0 Å². The van der Waals surface area contributed by atoms with E-state index >= 15 is 0 Å². The molecule has 6 nitrogen and oxygen atoms in total. The van der Waals surface area contributed by atoms with E-state index in [0.29, 0.717) is 0 Å². The number of benzene rings is 3. The second-order valence-electron chi connectivity index (χ2n) is 5.86. The van der Waals surface area contributed by atoms with Crippen LogP contribution in [0.15, 0.2) is 91.0 Å². The molecule has 0 fully saturated rings. The zero-order chi connectivity index (χ0) is 19.8. The average molecular weight is 558 g/mol. The second-order valence-corrected chi connectivity index (χ2v) is 19.0. The molecule has 0 amide bonds. The van der Waals surface area contributed by atoms with Crippen molar-refractivity contribution in [1.82, 2.24) is 0 Å². The molecular weight excluding hydrogens is 540 g/mol. The summed E-state index contributed by atoms with van der Waals surface area (Å²) in [5, 5.41) is -6.46. The molecule has 0 aliphatic rings. The molecule has 0 atom stereocenters. The maximum atomic E-state index is 13.1. The van der Waals surface area contributed by atoms with Gasteiger partial charge in [-0.05, 0) is 0 Å². The fourth-order valence-corrected chi connectivity index (χ4v) is 18.2. The normalized spacial score (nSPS) is 13.7. The van der Waals surface area contributed by atoms with Crippen LogP contribution in [0.3, 0.4) is 0 Å². The Hall–Kier alpha value is -0.0381. The van der Waals surface area contributed by atoms with E-state index in [1.165, 1.54) is 72.8 Å². The summed E-state index contributed by atoms with van der Waals surface area (Å²) in [5.41, 5.74) is 0. The van der Waals surface area contributed by atoms with Crippen LogP contribution in [0.2, 0.25) is 0 Å². The topological polar surface area (TPSA) is 109 Å². The molecule has 0 radical (unpaired) electrons. The van der Waals surface area contributed by atoms with Gasteiger partial charge in [0.05, 0.1) is 0 Å². The molecule has 0 aromatic heterocycles. The van der Waals surface area contributed by atoms with Crippen LogP contribution < -0.4 is 15.9 Å². The predicted molar refractivity (Wildman–Crippen MR) is 115 cm³/mol. The van der Waals surface area contributed by atoms with Crippen molar-refractivity contribution in [2.75, 3.05) is 0 Å². The fourth-order valence-electron chi connectivity index (χ4n) is 3.46. The Labute approximate surface area is 222 Å². The number of hydrogen-bond donors (Lipinski definition) is 2. The summed E-state index contributed by atoms with van der Waals surface area (Å²) < 4.78 is 73.5. The van der Waals surface area contributed by atoms with Gasteiger partial charge in [-0.3, -0.25) is 0 Å². The van der Waals surface area contributed by atoms with E-state index in [-0.39, 0.29) is 84.8 Å². The van der Waals surface area contributed by atoms with Crippen molar-refractivity contribution >= 4 is 109 Å². The third-order valence-corrected chi connectivity index (χ3v) is 22.5. The molecule has 3 aromatic carbocycles. The molecule has 3 rings (SSSR count). The number of rotatable bonds is 5. The molecule has 28 heavy (non-hydrogen) atoms. The summed E-state index contributed by atoms with van der Waals surface area (Å²) in [7, 11) is -10.8. The van der Waals surface area contributed by atoms with Crippen molar-refractivity contribution in [3.63, 3.8) is 0 Å². The van der Waals surface area contributed by atoms with E-state index in [9.17, 15) is 25.9 Å². The summed E-state index contributed by atoms with van der Waals surface area (Å²) in [4.78, 5) is 0. The van der Waals surface area contributed by atoms with Crippen LogP contribution >= 0.6 is 5.01 Å². The molecule has 0 bridgehead atoms. The molecule has 0 saturated heterocycles.